The van der Waals surface area contributed by atoms with Gasteiger partial charge in [-0.1, -0.05) is 24.3 Å². The molecule has 1 aliphatic rings. The zero-order valence-corrected chi connectivity index (χ0v) is 18.0. The van der Waals surface area contributed by atoms with Crippen LogP contribution in [0.3, 0.4) is 0 Å². The lowest BCUT2D eigenvalue weighted by molar-refractivity contribution is -0.117. The van der Waals surface area contributed by atoms with Crippen LogP contribution in [0, 0.1) is 13.8 Å². The fourth-order valence-corrected chi connectivity index (χ4v) is 3.99. The Hall–Kier alpha value is -3.38. The summed E-state index contributed by atoms with van der Waals surface area (Å²) in [7, 11) is 0. The Balaban J connectivity index is 1.32. The van der Waals surface area contributed by atoms with E-state index in [1.165, 1.54) is 0 Å². The maximum absolute atomic E-state index is 13.0. The van der Waals surface area contributed by atoms with Crippen LogP contribution in [0.25, 0.3) is 5.69 Å². The molecule has 1 saturated heterocycles. The minimum Gasteiger partial charge on any atom is -0.336 e. The Bertz CT molecular complexity index is 1050. The average molecular weight is 417 g/mol. The lowest BCUT2D eigenvalue weighted by atomic mass is 10.1. The van der Waals surface area contributed by atoms with Gasteiger partial charge in [0.05, 0.1) is 6.54 Å². The van der Waals surface area contributed by atoms with Crippen molar-refractivity contribution in [3.8, 4) is 5.69 Å². The van der Waals surface area contributed by atoms with Gasteiger partial charge in [-0.25, -0.2) is 0 Å². The molecule has 1 aliphatic heterocycles. The highest BCUT2D eigenvalue weighted by Gasteiger charge is 2.23. The molecule has 1 fully saturated rings. The van der Waals surface area contributed by atoms with Crippen LogP contribution in [0.1, 0.15) is 21.5 Å². The number of anilines is 1. The van der Waals surface area contributed by atoms with Gasteiger partial charge in [0.1, 0.15) is 0 Å². The first-order valence-corrected chi connectivity index (χ1v) is 10.6. The van der Waals surface area contributed by atoms with Crippen molar-refractivity contribution in [1.29, 1.82) is 0 Å². The number of hydrogen-bond acceptors (Lipinski definition) is 3. The molecular weight excluding hydrogens is 388 g/mol. The van der Waals surface area contributed by atoms with Crippen molar-refractivity contribution < 1.29 is 9.59 Å². The van der Waals surface area contributed by atoms with Gasteiger partial charge in [0.2, 0.25) is 5.91 Å². The second-order valence-corrected chi connectivity index (χ2v) is 8.02. The maximum atomic E-state index is 13.0. The van der Waals surface area contributed by atoms with Gasteiger partial charge in [0, 0.05) is 55.5 Å². The number of amides is 2. The molecule has 3 aromatic rings. The second-order valence-electron chi connectivity index (χ2n) is 8.02. The van der Waals surface area contributed by atoms with Crippen LogP contribution in [-0.2, 0) is 4.79 Å². The molecule has 4 rings (SSSR count). The summed E-state index contributed by atoms with van der Waals surface area (Å²) in [5.41, 5.74) is 4.67. The van der Waals surface area contributed by atoms with E-state index in [0.29, 0.717) is 38.3 Å². The fourth-order valence-electron chi connectivity index (χ4n) is 3.99. The minimum atomic E-state index is -0.0170. The summed E-state index contributed by atoms with van der Waals surface area (Å²) in [5, 5.41) is 3.04. The van der Waals surface area contributed by atoms with Crippen molar-refractivity contribution in [1.82, 2.24) is 14.4 Å². The Morgan fingerprint density at radius 3 is 2.19 bits per heavy atom. The first kappa shape index (κ1) is 20.9. The molecule has 2 aromatic carbocycles. The minimum absolute atomic E-state index is 0.0170. The van der Waals surface area contributed by atoms with Crippen molar-refractivity contribution in [2.24, 2.45) is 0 Å². The Labute approximate surface area is 183 Å². The van der Waals surface area contributed by atoms with Crippen LogP contribution in [0.4, 0.5) is 5.69 Å². The molecule has 31 heavy (non-hydrogen) atoms. The summed E-state index contributed by atoms with van der Waals surface area (Å²) in [4.78, 5) is 29.5. The Kier molecular flexibility index (Phi) is 6.18. The molecule has 0 radical (unpaired) electrons. The third kappa shape index (κ3) is 4.86. The largest absolute Gasteiger partial charge is 0.336 e. The van der Waals surface area contributed by atoms with Crippen LogP contribution in [0.15, 0.2) is 67.0 Å². The van der Waals surface area contributed by atoms with Crippen molar-refractivity contribution in [3.05, 3.63) is 83.7 Å². The molecule has 1 aromatic heterocycles. The fraction of sp³-hybridized carbons (Fsp3) is 0.280. The van der Waals surface area contributed by atoms with E-state index in [1.54, 1.807) is 0 Å². The number of nitrogens with one attached hydrogen (secondary N) is 1. The first-order chi connectivity index (χ1) is 15.0. The topological polar surface area (TPSA) is 57.6 Å². The summed E-state index contributed by atoms with van der Waals surface area (Å²) in [6.07, 6.45) is 3.93. The van der Waals surface area contributed by atoms with Crippen LogP contribution in [0.5, 0.6) is 0 Å². The standard InChI is InChI=1S/C25H28N4O2/c1-19-7-5-8-20(2)24(19)26-23(30)18-27-13-15-29(16-14-27)25(31)21-9-6-10-22(17-21)28-11-3-4-12-28/h3-12,17H,13-16,18H2,1-2H3,(H,26,30). The summed E-state index contributed by atoms with van der Waals surface area (Å²) in [6, 6.07) is 17.6. The third-order valence-electron chi connectivity index (χ3n) is 5.77. The van der Waals surface area contributed by atoms with E-state index in [1.807, 2.05) is 90.3 Å². The summed E-state index contributed by atoms with van der Waals surface area (Å²) < 4.78 is 1.99. The number of hydrogen-bond donors (Lipinski definition) is 1. The molecule has 0 unspecified atom stereocenters. The lowest BCUT2D eigenvalue weighted by Gasteiger charge is -2.34. The van der Waals surface area contributed by atoms with Gasteiger partial charge >= 0.3 is 0 Å². The van der Waals surface area contributed by atoms with Gasteiger partial charge in [-0.05, 0) is 55.3 Å². The normalized spacial score (nSPS) is 14.5. The molecule has 160 valence electrons. The quantitative estimate of drug-likeness (QED) is 0.693. The van der Waals surface area contributed by atoms with E-state index in [-0.39, 0.29) is 11.8 Å². The van der Waals surface area contributed by atoms with Crippen LogP contribution in [-0.4, -0.2) is 58.9 Å². The van der Waals surface area contributed by atoms with Gasteiger partial charge in [0.15, 0.2) is 0 Å². The van der Waals surface area contributed by atoms with E-state index in [0.717, 1.165) is 22.5 Å². The molecule has 1 N–H and O–H groups in total. The van der Waals surface area contributed by atoms with E-state index >= 15 is 0 Å². The van der Waals surface area contributed by atoms with Crippen molar-refractivity contribution in [2.75, 3.05) is 38.0 Å². The van der Waals surface area contributed by atoms with E-state index < -0.39 is 0 Å². The van der Waals surface area contributed by atoms with Crippen molar-refractivity contribution in [3.63, 3.8) is 0 Å². The van der Waals surface area contributed by atoms with Gasteiger partial charge in [-0.3, -0.25) is 14.5 Å². The monoisotopic (exact) mass is 416 g/mol. The molecule has 0 saturated carbocycles. The number of aryl methyl sites for hydroxylation is 2. The predicted octanol–water partition coefficient (Wildman–Crippen LogP) is 3.49. The zero-order chi connectivity index (χ0) is 21.8. The maximum Gasteiger partial charge on any atom is 0.254 e. The summed E-state index contributed by atoms with van der Waals surface area (Å²) in [5.74, 6) is 0.0187. The van der Waals surface area contributed by atoms with Crippen molar-refractivity contribution >= 4 is 17.5 Å². The highest BCUT2D eigenvalue weighted by atomic mass is 16.2. The molecule has 6 nitrogen and oxygen atoms in total. The number of carbonyl (C=O) groups is 2. The van der Waals surface area contributed by atoms with Crippen LogP contribution in [0.2, 0.25) is 0 Å². The Morgan fingerprint density at radius 1 is 0.871 bits per heavy atom. The molecule has 0 spiro atoms. The number of benzene rings is 2. The molecular formula is C25H28N4O2. The zero-order valence-electron chi connectivity index (χ0n) is 18.0. The van der Waals surface area contributed by atoms with Crippen LogP contribution < -0.4 is 5.32 Å². The molecule has 0 atom stereocenters. The van der Waals surface area contributed by atoms with Gasteiger partial charge < -0.3 is 14.8 Å². The SMILES string of the molecule is Cc1cccc(C)c1NC(=O)CN1CCN(C(=O)c2cccc(-n3cccc3)c2)CC1. The predicted molar refractivity (Wildman–Crippen MR) is 123 cm³/mol. The molecule has 2 heterocycles. The molecule has 2 amide bonds. The first-order valence-electron chi connectivity index (χ1n) is 10.6. The molecule has 0 aliphatic carbocycles. The highest BCUT2D eigenvalue weighted by molar-refractivity contribution is 5.95. The third-order valence-corrected chi connectivity index (χ3v) is 5.77. The average Bonchev–Trinajstić information content (AvgIpc) is 3.32. The van der Waals surface area contributed by atoms with E-state index in [4.69, 9.17) is 0 Å². The summed E-state index contributed by atoms with van der Waals surface area (Å²) in [6.45, 7) is 6.93. The van der Waals surface area contributed by atoms with Gasteiger partial charge in [-0.2, -0.15) is 0 Å². The van der Waals surface area contributed by atoms with Crippen LogP contribution >= 0.6 is 0 Å². The number of piperazine rings is 1. The molecule has 6 heteroatoms. The van der Waals surface area contributed by atoms with Crippen molar-refractivity contribution in [2.45, 2.75) is 13.8 Å². The van der Waals surface area contributed by atoms with E-state index in [9.17, 15) is 9.59 Å². The number of aromatic nitrogens is 1. The number of rotatable bonds is 5. The second kappa shape index (κ2) is 9.18. The lowest BCUT2D eigenvalue weighted by Crippen LogP contribution is -2.50. The van der Waals surface area contributed by atoms with Gasteiger partial charge in [-0.15, -0.1) is 0 Å². The number of nitrogens with zero attached hydrogens (tertiary/aromatic N) is 3. The Morgan fingerprint density at radius 2 is 1.52 bits per heavy atom. The smallest absolute Gasteiger partial charge is 0.254 e. The summed E-state index contributed by atoms with van der Waals surface area (Å²) >= 11 is 0. The number of para-hydroxylation sites is 1. The highest BCUT2D eigenvalue weighted by Crippen LogP contribution is 2.19. The van der Waals surface area contributed by atoms with E-state index in [2.05, 4.69) is 10.2 Å². The number of carbonyl (C=O) groups excluding carboxylic acids is 2. The molecule has 0 bridgehead atoms. The van der Waals surface area contributed by atoms with Gasteiger partial charge in [0.25, 0.3) is 5.91 Å².